The minimum absolute atomic E-state index is 0.0742. The second-order valence-corrected chi connectivity index (χ2v) is 7.19. The minimum atomic E-state index is -1.27. The number of carbonyl (C=O) groups is 2. The number of hydrogen-bond donors (Lipinski definition) is 2. The first-order chi connectivity index (χ1) is 13.2. The molecule has 2 aromatic carbocycles. The Labute approximate surface area is 180 Å². The second-order valence-electron chi connectivity index (χ2n) is 5.56. The van der Waals surface area contributed by atoms with Crippen LogP contribution in [0.2, 0.25) is 20.1 Å². The van der Waals surface area contributed by atoms with Gasteiger partial charge < -0.3 is 19.7 Å². The van der Waals surface area contributed by atoms with Crippen molar-refractivity contribution >= 4 is 58.3 Å². The zero-order valence-corrected chi connectivity index (χ0v) is 17.1. The Hall–Kier alpha value is -1.86. The Morgan fingerprint density at radius 3 is 2.00 bits per heavy atom. The summed E-state index contributed by atoms with van der Waals surface area (Å²) in [5.41, 5.74) is -0.140. The van der Waals surface area contributed by atoms with E-state index in [2.05, 4.69) is 0 Å². The lowest BCUT2D eigenvalue weighted by molar-refractivity contribution is -0.145. The topological polar surface area (TPSA) is 93.1 Å². The molecule has 0 aliphatic rings. The number of ether oxygens (including phenoxy) is 2. The molecule has 0 aliphatic carbocycles. The maximum atomic E-state index is 11.5. The second kappa shape index (κ2) is 10.1. The van der Waals surface area contributed by atoms with Crippen LogP contribution < -0.4 is 9.47 Å². The van der Waals surface area contributed by atoms with Gasteiger partial charge in [0, 0.05) is 0 Å². The van der Waals surface area contributed by atoms with E-state index in [-0.39, 0.29) is 34.4 Å². The molecule has 28 heavy (non-hydrogen) atoms. The van der Waals surface area contributed by atoms with Crippen molar-refractivity contribution in [1.82, 2.24) is 0 Å². The lowest BCUT2D eigenvalue weighted by atomic mass is 10.2. The lowest BCUT2D eigenvalue weighted by Crippen LogP contribution is -2.27. The van der Waals surface area contributed by atoms with Crippen molar-refractivity contribution in [1.29, 1.82) is 0 Å². The number of rotatable bonds is 9. The normalized spacial score (nSPS) is 11.7. The van der Waals surface area contributed by atoms with Crippen LogP contribution in [0.1, 0.15) is 23.2 Å². The molecule has 0 heterocycles. The number of carboxylic acid groups (broad SMARTS) is 2. The molecule has 0 saturated carbocycles. The minimum Gasteiger partial charge on any atom is -0.490 e. The summed E-state index contributed by atoms with van der Waals surface area (Å²) in [6, 6.07) is 7.18. The number of aliphatic carboxylic acids is 1. The smallest absolute Gasteiger partial charge is 0.344 e. The number of aromatic carboxylic acids is 1. The number of para-hydroxylation sites is 1. The highest BCUT2D eigenvalue weighted by Gasteiger charge is 2.23. The molecule has 0 bridgehead atoms. The van der Waals surface area contributed by atoms with Gasteiger partial charge in [0.1, 0.15) is 0 Å². The summed E-state index contributed by atoms with van der Waals surface area (Å²) >= 11 is 24.0. The molecule has 150 valence electrons. The van der Waals surface area contributed by atoms with E-state index in [0.29, 0.717) is 22.2 Å². The Bertz CT molecular complexity index is 843. The summed E-state index contributed by atoms with van der Waals surface area (Å²) in [5.74, 6) is -2.24. The quantitative estimate of drug-likeness (QED) is 0.460. The van der Waals surface area contributed by atoms with E-state index in [1.54, 1.807) is 18.2 Å². The fourth-order valence-corrected chi connectivity index (χ4v) is 3.32. The van der Waals surface area contributed by atoms with Gasteiger partial charge in [0.25, 0.3) is 0 Å². The zero-order valence-electron chi connectivity index (χ0n) is 14.1. The van der Waals surface area contributed by atoms with E-state index in [0.717, 1.165) is 12.1 Å². The van der Waals surface area contributed by atoms with E-state index < -0.39 is 18.0 Å². The summed E-state index contributed by atoms with van der Waals surface area (Å²) in [7, 11) is 0. The monoisotopic (exact) mass is 466 g/mol. The van der Waals surface area contributed by atoms with E-state index in [9.17, 15) is 14.7 Å². The highest BCUT2D eigenvalue weighted by Crippen LogP contribution is 2.36. The van der Waals surface area contributed by atoms with E-state index >= 15 is 0 Å². The van der Waals surface area contributed by atoms with Crippen LogP contribution in [-0.4, -0.2) is 34.9 Å². The SMILES string of the molecule is O=C(O)c1cc(Cl)c(OC(CCCOc2c(Cl)cccc2Cl)C(=O)O)c(Cl)c1. The van der Waals surface area contributed by atoms with Gasteiger partial charge in [0.15, 0.2) is 17.6 Å². The van der Waals surface area contributed by atoms with Crippen LogP contribution in [0.25, 0.3) is 0 Å². The van der Waals surface area contributed by atoms with Crippen molar-refractivity contribution in [3.8, 4) is 11.5 Å². The maximum absolute atomic E-state index is 11.5. The van der Waals surface area contributed by atoms with Crippen LogP contribution >= 0.6 is 46.4 Å². The number of hydrogen-bond acceptors (Lipinski definition) is 4. The number of carboxylic acids is 2. The van der Waals surface area contributed by atoms with Crippen molar-refractivity contribution in [3.63, 3.8) is 0 Å². The summed E-state index contributed by atoms with van der Waals surface area (Å²) in [5, 5.41) is 18.8. The van der Waals surface area contributed by atoms with Gasteiger partial charge in [-0.2, -0.15) is 0 Å². The Morgan fingerprint density at radius 1 is 0.929 bits per heavy atom. The van der Waals surface area contributed by atoms with E-state index in [1.807, 2.05) is 0 Å². The first kappa shape index (κ1) is 22.4. The van der Waals surface area contributed by atoms with Gasteiger partial charge in [-0.05, 0) is 37.1 Å². The van der Waals surface area contributed by atoms with Crippen molar-refractivity contribution in [2.75, 3.05) is 6.61 Å². The average Bonchev–Trinajstić information content (AvgIpc) is 2.61. The van der Waals surface area contributed by atoms with Crippen LogP contribution in [0.3, 0.4) is 0 Å². The molecule has 0 spiro atoms. The molecule has 2 N–H and O–H groups in total. The molecule has 0 radical (unpaired) electrons. The van der Waals surface area contributed by atoms with Gasteiger partial charge in [-0.25, -0.2) is 9.59 Å². The average molecular weight is 468 g/mol. The molecule has 2 aromatic rings. The first-order valence-electron chi connectivity index (χ1n) is 7.89. The molecule has 0 saturated heterocycles. The Balaban J connectivity index is 2.01. The molecular formula is C18H14Cl4O6. The lowest BCUT2D eigenvalue weighted by Gasteiger charge is -2.18. The molecule has 0 amide bonds. The van der Waals surface area contributed by atoms with Crippen LogP contribution in [0.4, 0.5) is 0 Å². The summed E-state index contributed by atoms with van der Waals surface area (Å²) < 4.78 is 10.9. The first-order valence-corrected chi connectivity index (χ1v) is 9.40. The van der Waals surface area contributed by atoms with Crippen molar-refractivity contribution < 1.29 is 29.3 Å². The van der Waals surface area contributed by atoms with Crippen LogP contribution in [-0.2, 0) is 4.79 Å². The summed E-state index contributed by atoms with van der Waals surface area (Å²) in [6.07, 6.45) is -0.887. The summed E-state index contributed by atoms with van der Waals surface area (Å²) in [6.45, 7) is 0.149. The number of halogens is 4. The highest BCUT2D eigenvalue weighted by molar-refractivity contribution is 6.38. The largest absolute Gasteiger partial charge is 0.490 e. The van der Waals surface area contributed by atoms with Crippen molar-refractivity contribution in [2.45, 2.75) is 18.9 Å². The molecular weight excluding hydrogens is 454 g/mol. The van der Waals surface area contributed by atoms with Gasteiger partial charge >= 0.3 is 11.9 Å². The zero-order chi connectivity index (χ0) is 20.8. The van der Waals surface area contributed by atoms with Gasteiger partial charge in [-0.15, -0.1) is 0 Å². The van der Waals surface area contributed by atoms with Crippen molar-refractivity contribution in [3.05, 3.63) is 56.0 Å². The van der Waals surface area contributed by atoms with E-state index in [1.165, 1.54) is 0 Å². The summed E-state index contributed by atoms with van der Waals surface area (Å²) in [4.78, 5) is 22.5. The third-order valence-electron chi connectivity index (χ3n) is 3.56. The van der Waals surface area contributed by atoms with Crippen LogP contribution in [0.5, 0.6) is 11.5 Å². The Kier molecular flexibility index (Phi) is 8.07. The molecule has 6 nitrogen and oxygen atoms in total. The predicted octanol–water partition coefficient (Wildman–Crippen LogP) is 5.69. The molecule has 0 fully saturated rings. The van der Waals surface area contributed by atoms with Gasteiger partial charge in [-0.3, -0.25) is 0 Å². The molecule has 10 heteroatoms. The highest BCUT2D eigenvalue weighted by atomic mass is 35.5. The number of benzene rings is 2. The molecule has 1 unspecified atom stereocenters. The van der Waals surface area contributed by atoms with Gasteiger partial charge in [-0.1, -0.05) is 52.5 Å². The molecule has 2 rings (SSSR count). The predicted molar refractivity (Wildman–Crippen MR) is 107 cm³/mol. The standard InChI is InChI=1S/C18H14Cl4O6/c19-10-3-1-4-11(20)15(10)27-6-2-5-14(18(25)26)28-16-12(21)7-9(17(23)24)8-13(16)22/h1,3-4,7-8,14H,2,5-6H2,(H,23,24)(H,25,26). The van der Waals surface area contributed by atoms with E-state index in [4.69, 9.17) is 61.0 Å². The third kappa shape index (κ3) is 5.82. The van der Waals surface area contributed by atoms with Crippen LogP contribution in [0.15, 0.2) is 30.3 Å². The van der Waals surface area contributed by atoms with Crippen LogP contribution in [0, 0.1) is 0 Å². The molecule has 0 aromatic heterocycles. The fourth-order valence-electron chi connectivity index (χ4n) is 2.23. The molecule has 0 aliphatic heterocycles. The Morgan fingerprint density at radius 2 is 1.50 bits per heavy atom. The van der Waals surface area contributed by atoms with Crippen molar-refractivity contribution in [2.24, 2.45) is 0 Å². The fraction of sp³-hybridized carbons (Fsp3) is 0.222. The van der Waals surface area contributed by atoms with Gasteiger partial charge in [0.2, 0.25) is 0 Å². The molecule has 1 atom stereocenters. The van der Waals surface area contributed by atoms with Gasteiger partial charge in [0.05, 0.1) is 32.3 Å². The maximum Gasteiger partial charge on any atom is 0.344 e. The third-order valence-corrected chi connectivity index (χ3v) is 4.71.